The second-order valence-corrected chi connectivity index (χ2v) is 3.63. The van der Waals surface area contributed by atoms with E-state index < -0.39 is 0 Å². The highest BCUT2D eigenvalue weighted by atomic mass is 16.5. The molecule has 0 radical (unpaired) electrons. The maximum Gasteiger partial charge on any atom is 0.193 e. The van der Waals surface area contributed by atoms with E-state index in [1.54, 1.807) is 0 Å². The van der Waals surface area contributed by atoms with Crippen molar-refractivity contribution in [3.63, 3.8) is 0 Å². The predicted molar refractivity (Wildman–Crippen MR) is 50.9 cm³/mol. The maximum atomic E-state index is 5.76. The zero-order valence-electron chi connectivity index (χ0n) is 8.68. The van der Waals surface area contributed by atoms with Crippen molar-refractivity contribution in [2.24, 2.45) is 0 Å². The molecule has 0 amide bonds. The van der Waals surface area contributed by atoms with Gasteiger partial charge >= 0.3 is 0 Å². The monoisotopic (exact) mass is 172 g/mol. The Bertz CT molecular complexity index is 118. The molecule has 72 valence electrons. The SMILES string of the molecule is CC[N+](CC)(CC)C1CCCO1. The van der Waals surface area contributed by atoms with Gasteiger partial charge < -0.3 is 4.74 Å². The van der Waals surface area contributed by atoms with Crippen LogP contribution in [0.3, 0.4) is 0 Å². The van der Waals surface area contributed by atoms with E-state index in [0.717, 1.165) is 11.1 Å². The Labute approximate surface area is 76.1 Å². The van der Waals surface area contributed by atoms with E-state index in [4.69, 9.17) is 4.74 Å². The van der Waals surface area contributed by atoms with Gasteiger partial charge in [0.2, 0.25) is 0 Å². The van der Waals surface area contributed by atoms with E-state index in [9.17, 15) is 0 Å². The number of quaternary nitrogens is 1. The molecule has 1 heterocycles. The summed E-state index contributed by atoms with van der Waals surface area (Å²) in [5.41, 5.74) is 0. The lowest BCUT2D eigenvalue weighted by Crippen LogP contribution is -2.54. The molecule has 0 aromatic rings. The molecule has 0 aromatic carbocycles. The molecule has 12 heavy (non-hydrogen) atoms. The maximum absolute atomic E-state index is 5.76. The molecule has 0 spiro atoms. The summed E-state index contributed by atoms with van der Waals surface area (Å²) in [4.78, 5) is 0. The Morgan fingerprint density at radius 3 is 2.08 bits per heavy atom. The number of ether oxygens (including phenoxy) is 1. The molecule has 0 aliphatic carbocycles. The molecule has 0 aromatic heterocycles. The minimum absolute atomic E-state index is 0.491. The van der Waals surface area contributed by atoms with Gasteiger partial charge in [0.05, 0.1) is 26.2 Å². The van der Waals surface area contributed by atoms with Gasteiger partial charge in [-0.3, -0.25) is 4.48 Å². The quantitative estimate of drug-likeness (QED) is 0.589. The summed E-state index contributed by atoms with van der Waals surface area (Å²) >= 11 is 0. The Morgan fingerprint density at radius 1 is 1.17 bits per heavy atom. The molecule has 1 saturated heterocycles. The van der Waals surface area contributed by atoms with Crippen molar-refractivity contribution in [2.45, 2.75) is 39.8 Å². The van der Waals surface area contributed by atoms with E-state index in [2.05, 4.69) is 20.8 Å². The number of hydrogen-bond donors (Lipinski definition) is 0. The summed E-state index contributed by atoms with van der Waals surface area (Å²) in [6.07, 6.45) is 3.00. The van der Waals surface area contributed by atoms with Crippen molar-refractivity contribution in [3.8, 4) is 0 Å². The zero-order valence-corrected chi connectivity index (χ0v) is 8.68. The third-order valence-corrected chi connectivity index (χ3v) is 3.41. The fourth-order valence-corrected chi connectivity index (χ4v) is 2.27. The number of rotatable bonds is 4. The summed E-state index contributed by atoms with van der Waals surface area (Å²) in [5.74, 6) is 0. The molecule has 1 aliphatic rings. The van der Waals surface area contributed by atoms with Gasteiger partial charge in [0, 0.05) is 6.42 Å². The molecule has 0 bridgehead atoms. The molecule has 1 atom stereocenters. The normalized spacial score (nSPS) is 24.8. The average Bonchev–Trinajstić information content (AvgIpc) is 2.62. The lowest BCUT2D eigenvalue weighted by atomic mass is 10.2. The van der Waals surface area contributed by atoms with Crippen LogP contribution in [0.4, 0.5) is 0 Å². The van der Waals surface area contributed by atoms with Crippen LogP contribution in [0, 0.1) is 0 Å². The van der Waals surface area contributed by atoms with E-state index in [0.29, 0.717) is 6.23 Å². The minimum atomic E-state index is 0.491. The molecular weight excluding hydrogens is 150 g/mol. The zero-order chi connectivity index (χ0) is 9.03. The fraction of sp³-hybridized carbons (Fsp3) is 1.00. The van der Waals surface area contributed by atoms with Crippen molar-refractivity contribution in [1.29, 1.82) is 0 Å². The third kappa shape index (κ3) is 1.64. The Kier molecular flexibility index (Phi) is 3.53. The van der Waals surface area contributed by atoms with E-state index in [1.807, 2.05) is 0 Å². The minimum Gasteiger partial charge on any atom is -0.329 e. The van der Waals surface area contributed by atoms with Crippen LogP contribution in [0.1, 0.15) is 33.6 Å². The Hall–Kier alpha value is -0.0800. The topological polar surface area (TPSA) is 9.23 Å². The first-order valence-electron chi connectivity index (χ1n) is 5.26. The van der Waals surface area contributed by atoms with Gasteiger partial charge in [-0.2, -0.15) is 0 Å². The van der Waals surface area contributed by atoms with Crippen LogP contribution in [-0.2, 0) is 4.74 Å². The highest BCUT2D eigenvalue weighted by Gasteiger charge is 2.35. The van der Waals surface area contributed by atoms with Gasteiger partial charge in [-0.05, 0) is 27.2 Å². The molecule has 1 fully saturated rings. The highest BCUT2D eigenvalue weighted by Crippen LogP contribution is 2.23. The Morgan fingerprint density at radius 2 is 1.75 bits per heavy atom. The average molecular weight is 172 g/mol. The summed E-state index contributed by atoms with van der Waals surface area (Å²) in [6.45, 7) is 11.4. The summed E-state index contributed by atoms with van der Waals surface area (Å²) < 4.78 is 6.92. The van der Waals surface area contributed by atoms with Crippen molar-refractivity contribution in [3.05, 3.63) is 0 Å². The van der Waals surface area contributed by atoms with Crippen LogP contribution >= 0.6 is 0 Å². The molecule has 2 heteroatoms. The lowest BCUT2D eigenvalue weighted by molar-refractivity contribution is -0.965. The van der Waals surface area contributed by atoms with Gasteiger partial charge in [0.25, 0.3) is 0 Å². The highest BCUT2D eigenvalue weighted by molar-refractivity contribution is 4.56. The summed E-state index contributed by atoms with van der Waals surface area (Å²) in [7, 11) is 0. The van der Waals surface area contributed by atoms with Crippen LogP contribution in [0.5, 0.6) is 0 Å². The van der Waals surface area contributed by atoms with Gasteiger partial charge in [-0.15, -0.1) is 0 Å². The van der Waals surface area contributed by atoms with Crippen LogP contribution in [0.2, 0.25) is 0 Å². The fourth-order valence-electron chi connectivity index (χ4n) is 2.27. The standard InChI is InChI=1S/C10H22NO/c1-4-11(5-2,6-3)10-8-7-9-12-10/h10H,4-9H2,1-3H3/q+1. The van der Waals surface area contributed by atoms with E-state index >= 15 is 0 Å². The third-order valence-electron chi connectivity index (χ3n) is 3.41. The predicted octanol–water partition coefficient (Wildman–Crippen LogP) is 2.00. The number of hydrogen-bond acceptors (Lipinski definition) is 1. The van der Waals surface area contributed by atoms with Crippen molar-refractivity contribution in [2.75, 3.05) is 26.2 Å². The van der Waals surface area contributed by atoms with Crippen molar-refractivity contribution in [1.82, 2.24) is 0 Å². The van der Waals surface area contributed by atoms with E-state index in [-0.39, 0.29) is 0 Å². The number of nitrogens with zero attached hydrogens (tertiary/aromatic N) is 1. The van der Waals surface area contributed by atoms with Gasteiger partial charge in [-0.1, -0.05) is 0 Å². The van der Waals surface area contributed by atoms with Crippen LogP contribution in [0.25, 0.3) is 0 Å². The molecule has 1 unspecified atom stereocenters. The van der Waals surface area contributed by atoms with Crippen LogP contribution in [-0.4, -0.2) is 37.0 Å². The summed E-state index contributed by atoms with van der Waals surface area (Å²) in [6, 6.07) is 0. The second-order valence-electron chi connectivity index (χ2n) is 3.63. The molecule has 0 N–H and O–H groups in total. The first-order chi connectivity index (χ1) is 5.79. The molecule has 0 saturated carbocycles. The molecule has 2 nitrogen and oxygen atoms in total. The van der Waals surface area contributed by atoms with Gasteiger partial charge in [0.15, 0.2) is 6.23 Å². The van der Waals surface area contributed by atoms with Crippen LogP contribution < -0.4 is 0 Å². The lowest BCUT2D eigenvalue weighted by Gasteiger charge is -2.40. The summed E-state index contributed by atoms with van der Waals surface area (Å²) in [5, 5.41) is 0. The Balaban J connectivity index is 2.61. The first-order valence-corrected chi connectivity index (χ1v) is 5.26. The van der Waals surface area contributed by atoms with Crippen molar-refractivity contribution < 1.29 is 9.22 Å². The van der Waals surface area contributed by atoms with Gasteiger partial charge in [0.1, 0.15) is 0 Å². The van der Waals surface area contributed by atoms with Crippen molar-refractivity contribution >= 4 is 0 Å². The molecular formula is C10H22NO+. The molecule has 1 rings (SSSR count). The van der Waals surface area contributed by atoms with Crippen LogP contribution in [0.15, 0.2) is 0 Å². The molecule has 1 aliphatic heterocycles. The smallest absolute Gasteiger partial charge is 0.193 e. The largest absolute Gasteiger partial charge is 0.329 e. The van der Waals surface area contributed by atoms with E-state index in [1.165, 1.54) is 32.5 Å². The first kappa shape index (κ1) is 10.0. The van der Waals surface area contributed by atoms with Gasteiger partial charge in [-0.25, -0.2) is 0 Å². The second kappa shape index (κ2) is 4.24.